The standard InChI is InChI=1S/C20H24N4O2/c25-20(22-14-17-12-15-6-2-3-7-18(15)26-17)23-16-8-9-19(21-13-16)24-10-4-1-5-11-24/h2-3,6-9,13,17H,1,4-5,10-12,14H2,(H2,22,23,25)/t17-/m1/s1. The van der Waals surface area contributed by atoms with Gasteiger partial charge in [0.05, 0.1) is 18.4 Å². The second kappa shape index (κ2) is 7.64. The van der Waals surface area contributed by atoms with Gasteiger partial charge in [0.15, 0.2) is 0 Å². The van der Waals surface area contributed by atoms with Crippen molar-refractivity contribution in [2.75, 3.05) is 29.9 Å². The molecule has 0 aliphatic carbocycles. The number of piperidine rings is 1. The summed E-state index contributed by atoms with van der Waals surface area (Å²) < 4.78 is 5.83. The lowest BCUT2D eigenvalue weighted by molar-refractivity contribution is 0.219. The van der Waals surface area contributed by atoms with Crippen molar-refractivity contribution in [3.8, 4) is 5.75 Å². The molecule has 1 atom stereocenters. The summed E-state index contributed by atoms with van der Waals surface area (Å²) >= 11 is 0. The molecule has 6 heteroatoms. The Hall–Kier alpha value is -2.76. The fraction of sp³-hybridized carbons (Fsp3) is 0.400. The molecule has 1 aromatic carbocycles. The van der Waals surface area contributed by atoms with E-state index in [-0.39, 0.29) is 12.1 Å². The lowest BCUT2D eigenvalue weighted by Crippen LogP contribution is -2.37. The Bertz CT molecular complexity index is 732. The van der Waals surface area contributed by atoms with Crippen molar-refractivity contribution in [3.05, 3.63) is 48.2 Å². The van der Waals surface area contributed by atoms with Crippen LogP contribution in [0, 0.1) is 0 Å². The van der Waals surface area contributed by atoms with E-state index in [0.717, 1.165) is 31.1 Å². The minimum absolute atomic E-state index is 0.0160. The number of nitrogens with one attached hydrogen (secondary N) is 2. The van der Waals surface area contributed by atoms with Crippen LogP contribution in [0.3, 0.4) is 0 Å². The Morgan fingerprint density at radius 3 is 2.77 bits per heavy atom. The Kier molecular flexibility index (Phi) is 4.91. The highest BCUT2D eigenvalue weighted by molar-refractivity contribution is 5.89. The highest BCUT2D eigenvalue weighted by Crippen LogP contribution is 2.27. The number of rotatable bonds is 4. The number of aromatic nitrogens is 1. The van der Waals surface area contributed by atoms with Gasteiger partial charge < -0.3 is 20.3 Å². The topological polar surface area (TPSA) is 66.5 Å². The van der Waals surface area contributed by atoms with E-state index in [0.29, 0.717) is 12.2 Å². The fourth-order valence-corrected chi connectivity index (χ4v) is 3.52. The number of hydrogen-bond donors (Lipinski definition) is 2. The maximum Gasteiger partial charge on any atom is 0.319 e. The average molecular weight is 352 g/mol. The molecule has 2 N–H and O–H groups in total. The van der Waals surface area contributed by atoms with E-state index in [1.807, 2.05) is 30.3 Å². The molecular weight excluding hydrogens is 328 g/mol. The number of carbonyl (C=O) groups is 1. The minimum Gasteiger partial charge on any atom is -0.488 e. The van der Waals surface area contributed by atoms with Crippen LogP contribution in [0.15, 0.2) is 42.6 Å². The number of ether oxygens (including phenoxy) is 1. The second-order valence-electron chi connectivity index (χ2n) is 6.84. The predicted molar refractivity (Wildman–Crippen MR) is 102 cm³/mol. The summed E-state index contributed by atoms with van der Waals surface area (Å²) in [4.78, 5) is 18.9. The van der Waals surface area contributed by atoms with Crippen LogP contribution in [0.2, 0.25) is 0 Å². The first-order valence-corrected chi connectivity index (χ1v) is 9.28. The van der Waals surface area contributed by atoms with Gasteiger partial charge in [-0.25, -0.2) is 9.78 Å². The van der Waals surface area contributed by atoms with Gasteiger partial charge in [-0.2, -0.15) is 0 Å². The van der Waals surface area contributed by atoms with Crippen LogP contribution in [0.5, 0.6) is 5.75 Å². The summed E-state index contributed by atoms with van der Waals surface area (Å²) in [5, 5.41) is 5.70. The van der Waals surface area contributed by atoms with E-state index in [1.54, 1.807) is 6.20 Å². The van der Waals surface area contributed by atoms with E-state index < -0.39 is 0 Å². The van der Waals surface area contributed by atoms with Crippen molar-refractivity contribution >= 4 is 17.5 Å². The summed E-state index contributed by atoms with van der Waals surface area (Å²) in [5.74, 6) is 1.89. The quantitative estimate of drug-likeness (QED) is 0.887. The molecule has 0 spiro atoms. The van der Waals surface area contributed by atoms with Crippen molar-refractivity contribution < 1.29 is 9.53 Å². The minimum atomic E-state index is -0.239. The predicted octanol–water partition coefficient (Wildman–Crippen LogP) is 3.20. The van der Waals surface area contributed by atoms with Crippen LogP contribution in [0.4, 0.5) is 16.3 Å². The van der Waals surface area contributed by atoms with Crippen molar-refractivity contribution in [2.24, 2.45) is 0 Å². The molecule has 2 aliphatic heterocycles. The summed E-state index contributed by atoms with van der Waals surface area (Å²) in [6.45, 7) is 2.59. The maximum atomic E-state index is 12.1. The van der Waals surface area contributed by atoms with Gasteiger partial charge in [0.2, 0.25) is 0 Å². The number of para-hydroxylation sites is 1. The molecule has 26 heavy (non-hydrogen) atoms. The van der Waals surface area contributed by atoms with Gasteiger partial charge in [-0.1, -0.05) is 18.2 Å². The Labute approximate surface area is 153 Å². The zero-order valence-electron chi connectivity index (χ0n) is 14.8. The van der Waals surface area contributed by atoms with Gasteiger partial charge in [-0.05, 0) is 43.0 Å². The molecule has 1 fully saturated rings. The lowest BCUT2D eigenvalue weighted by atomic mass is 10.1. The molecule has 4 rings (SSSR count). The van der Waals surface area contributed by atoms with Crippen molar-refractivity contribution in [1.29, 1.82) is 0 Å². The zero-order chi connectivity index (χ0) is 17.8. The van der Waals surface area contributed by atoms with Crippen LogP contribution in [0.25, 0.3) is 0 Å². The number of urea groups is 1. The largest absolute Gasteiger partial charge is 0.488 e. The second-order valence-corrected chi connectivity index (χ2v) is 6.84. The summed E-state index contributed by atoms with van der Waals surface area (Å²) in [6.07, 6.45) is 6.26. The van der Waals surface area contributed by atoms with Gasteiger partial charge in [0.1, 0.15) is 17.7 Å². The van der Waals surface area contributed by atoms with Crippen LogP contribution >= 0.6 is 0 Å². The number of amides is 2. The number of carbonyl (C=O) groups excluding carboxylic acids is 1. The number of anilines is 2. The van der Waals surface area contributed by atoms with Gasteiger partial charge in [0, 0.05) is 19.5 Å². The number of fused-ring (bicyclic) bond motifs is 1. The third-order valence-corrected chi connectivity index (χ3v) is 4.89. The number of benzene rings is 1. The average Bonchev–Trinajstić information content (AvgIpc) is 3.11. The molecule has 1 aromatic heterocycles. The highest BCUT2D eigenvalue weighted by atomic mass is 16.5. The van der Waals surface area contributed by atoms with Crippen molar-refractivity contribution in [2.45, 2.75) is 31.8 Å². The molecule has 0 radical (unpaired) electrons. The fourth-order valence-electron chi connectivity index (χ4n) is 3.52. The maximum absolute atomic E-state index is 12.1. The van der Waals surface area contributed by atoms with E-state index in [1.165, 1.54) is 24.8 Å². The summed E-state index contributed by atoms with van der Waals surface area (Å²) in [7, 11) is 0. The van der Waals surface area contributed by atoms with Gasteiger partial charge >= 0.3 is 6.03 Å². The molecule has 6 nitrogen and oxygen atoms in total. The number of nitrogens with zero attached hydrogens (tertiary/aromatic N) is 2. The molecule has 2 aromatic rings. The molecule has 0 unspecified atom stereocenters. The zero-order valence-corrected chi connectivity index (χ0v) is 14.8. The lowest BCUT2D eigenvalue weighted by Gasteiger charge is -2.27. The molecule has 136 valence electrons. The Morgan fingerprint density at radius 1 is 1.15 bits per heavy atom. The monoisotopic (exact) mass is 352 g/mol. The SMILES string of the molecule is O=C(NC[C@H]1Cc2ccccc2O1)Nc1ccc(N2CCCCC2)nc1. The molecular formula is C20H24N4O2. The van der Waals surface area contributed by atoms with E-state index in [9.17, 15) is 4.79 Å². The first-order chi connectivity index (χ1) is 12.8. The molecule has 2 aliphatic rings. The van der Waals surface area contributed by atoms with Crippen LogP contribution in [-0.2, 0) is 6.42 Å². The molecule has 0 saturated carbocycles. The summed E-state index contributed by atoms with van der Waals surface area (Å²) in [6, 6.07) is 11.6. The number of pyridine rings is 1. The first-order valence-electron chi connectivity index (χ1n) is 9.28. The smallest absolute Gasteiger partial charge is 0.319 e. The first kappa shape index (κ1) is 16.7. The third-order valence-electron chi connectivity index (χ3n) is 4.89. The highest BCUT2D eigenvalue weighted by Gasteiger charge is 2.22. The Balaban J connectivity index is 1.25. The molecule has 0 bridgehead atoms. The normalized spacial score (nSPS) is 18.8. The molecule has 2 amide bonds. The van der Waals surface area contributed by atoms with E-state index in [4.69, 9.17) is 4.74 Å². The van der Waals surface area contributed by atoms with Gasteiger partial charge in [-0.15, -0.1) is 0 Å². The third kappa shape index (κ3) is 3.90. The summed E-state index contributed by atoms with van der Waals surface area (Å²) in [5.41, 5.74) is 1.89. The molecule has 3 heterocycles. The van der Waals surface area contributed by atoms with E-state index >= 15 is 0 Å². The van der Waals surface area contributed by atoms with Crippen molar-refractivity contribution in [1.82, 2.24) is 10.3 Å². The van der Waals surface area contributed by atoms with Crippen LogP contribution in [-0.4, -0.2) is 36.8 Å². The number of hydrogen-bond acceptors (Lipinski definition) is 4. The molecule has 1 saturated heterocycles. The van der Waals surface area contributed by atoms with Crippen LogP contribution in [0.1, 0.15) is 24.8 Å². The van der Waals surface area contributed by atoms with Crippen LogP contribution < -0.4 is 20.3 Å². The van der Waals surface area contributed by atoms with E-state index in [2.05, 4.69) is 26.6 Å². The van der Waals surface area contributed by atoms with Gasteiger partial charge in [0.25, 0.3) is 0 Å². The Morgan fingerprint density at radius 2 is 2.00 bits per heavy atom. The van der Waals surface area contributed by atoms with Crippen molar-refractivity contribution in [3.63, 3.8) is 0 Å². The van der Waals surface area contributed by atoms with Gasteiger partial charge in [-0.3, -0.25) is 0 Å².